The molecule has 35 heavy (non-hydrogen) atoms. The van der Waals surface area contributed by atoms with Crippen molar-refractivity contribution >= 4 is 17.6 Å². The minimum atomic E-state index is -1.51. The molecule has 1 atom stereocenters. The van der Waals surface area contributed by atoms with Crippen molar-refractivity contribution in [3.63, 3.8) is 0 Å². The highest BCUT2D eigenvalue weighted by Crippen LogP contribution is 2.34. The van der Waals surface area contributed by atoms with Gasteiger partial charge in [0.25, 0.3) is 5.91 Å². The van der Waals surface area contributed by atoms with E-state index in [1.165, 1.54) is 4.90 Å². The Morgan fingerprint density at radius 1 is 1.23 bits per heavy atom. The molecule has 1 aliphatic carbocycles. The number of carboxylic acid groups (broad SMARTS) is 1. The van der Waals surface area contributed by atoms with Crippen LogP contribution in [-0.2, 0) is 11.2 Å². The summed E-state index contributed by atoms with van der Waals surface area (Å²) >= 11 is 0. The number of nitrogens with one attached hydrogen (secondary N) is 1. The molecule has 2 aliphatic rings. The molecule has 0 radical (unpaired) electrons. The van der Waals surface area contributed by atoms with Gasteiger partial charge in [0.15, 0.2) is 11.6 Å². The molecule has 2 aromatic heterocycles. The third kappa shape index (κ3) is 4.43. The van der Waals surface area contributed by atoms with Crippen LogP contribution in [0.2, 0.25) is 0 Å². The Balaban J connectivity index is 1.59. The monoisotopic (exact) mass is 488 g/mol. The zero-order valence-corrected chi connectivity index (χ0v) is 18.9. The maximum absolute atomic E-state index is 15.3. The second-order valence-electron chi connectivity index (χ2n) is 8.92. The van der Waals surface area contributed by atoms with Crippen LogP contribution in [0.15, 0.2) is 24.4 Å². The molecule has 5 rings (SSSR count). The first-order valence-electron chi connectivity index (χ1n) is 11.3. The number of imidazole rings is 1. The average molecular weight is 488 g/mol. The number of carbonyl (C=O) groups excluding carboxylic acids is 1. The number of hydrogen-bond acceptors (Lipinski definition) is 4. The standard InChI is InChI=1S/C24H23F3N4O4/c1-12-4-5-31-17(9-14-11-30(24(33)34)6-7-35-14)22(29-18(31)8-12)19-16(25)10-15(20(26)21(19)27)23(32)28-13-2-3-13/h4-5,8,10,13-14H,2-3,6-7,9,11H2,1H3,(H,28,32)(H,33,34)/t14-/m0/s1. The van der Waals surface area contributed by atoms with E-state index in [0.29, 0.717) is 17.4 Å². The summed E-state index contributed by atoms with van der Waals surface area (Å²) in [7, 11) is 0. The number of rotatable bonds is 5. The number of halogens is 3. The van der Waals surface area contributed by atoms with Gasteiger partial charge in [0.1, 0.15) is 11.5 Å². The molecular weight excluding hydrogens is 465 g/mol. The molecule has 8 nitrogen and oxygen atoms in total. The number of ether oxygens (including phenoxy) is 1. The Labute approximate surface area is 198 Å². The number of fused-ring (bicyclic) bond motifs is 1. The van der Waals surface area contributed by atoms with Crippen molar-refractivity contribution in [3.05, 3.63) is 58.7 Å². The van der Waals surface area contributed by atoms with Crippen molar-refractivity contribution in [1.29, 1.82) is 0 Å². The van der Waals surface area contributed by atoms with Gasteiger partial charge in [-0.2, -0.15) is 0 Å². The third-order valence-corrected chi connectivity index (χ3v) is 6.26. The summed E-state index contributed by atoms with van der Waals surface area (Å²) < 4.78 is 52.9. The summed E-state index contributed by atoms with van der Waals surface area (Å²) in [5.41, 5.74) is 0.0537. The number of hydrogen-bond donors (Lipinski definition) is 2. The lowest BCUT2D eigenvalue weighted by atomic mass is 10.0. The fourth-order valence-corrected chi connectivity index (χ4v) is 4.29. The lowest BCUT2D eigenvalue weighted by molar-refractivity contribution is -0.0214. The van der Waals surface area contributed by atoms with E-state index in [1.54, 1.807) is 22.7 Å². The molecule has 184 valence electrons. The largest absolute Gasteiger partial charge is 0.465 e. The van der Waals surface area contributed by atoms with Crippen LogP contribution >= 0.6 is 0 Å². The van der Waals surface area contributed by atoms with Crippen molar-refractivity contribution in [3.8, 4) is 11.3 Å². The highest BCUT2D eigenvalue weighted by atomic mass is 19.2. The maximum atomic E-state index is 15.3. The van der Waals surface area contributed by atoms with E-state index in [-0.39, 0.29) is 37.9 Å². The lowest BCUT2D eigenvalue weighted by Gasteiger charge is -2.31. The summed E-state index contributed by atoms with van der Waals surface area (Å²) in [6, 6.07) is 4.07. The zero-order chi connectivity index (χ0) is 24.9. The van der Waals surface area contributed by atoms with E-state index in [4.69, 9.17) is 4.74 Å². The number of pyridine rings is 1. The van der Waals surface area contributed by atoms with Gasteiger partial charge in [0, 0.05) is 25.2 Å². The van der Waals surface area contributed by atoms with Crippen LogP contribution in [0.4, 0.5) is 18.0 Å². The quantitative estimate of drug-likeness (QED) is 0.536. The van der Waals surface area contributed by atoms with Crippen LogP contribution in [-0.4, -0.2) is 63.2 Å². The molecule has 11 heteroatoms. The zero-order valence-electron chi connectivity index (χ0n) is 18.9. The number of morpholine rings is 1. The van der Waals surface area contributed by atoms with Crippen LogP contribution in [0, 0.1) is 24.4 Å². The Morgan fingerprint density at radius 2 is 2.00 bits per heavy atom. The molecular formula is C24H23F3N4O4. The normalized spacial score (nSPS) is 18.2. The first-order chi connectivity index (χ1) is 16.7. The molecule has 1 saturated heterocycles. The second-order valence-corrected chi connectivity index (χ2v) is 8.92. The smallest absolute Gasteiger partial charge is 0.407 e. The van der Waals surface area contributed by atoms with E-state index >= 15 is 8.78 Å². The van der Waals surface area contributed by atoms with E-state index < -0.39 is 46.7 Å². The summed E-state index contributed by atoms with van der Waals surface area (Å²) in [4.78, 5) is 29.3. The Bertz CT molecular complexity index is 1340. The molecule has 1 aliphatic heterocycles. The van der Waals surface area contributed by atoms with Crippen LogP contribution in [0.3, 0.4) is 0 Å². The van der Waals surface area contributed by atoms with Crippen molar-refractivity contribution in [1.82, 2.24) is 19.6 Å². The van der Waals surface area contributed by atoms with E-state index in [9.17, 15) is 19.1 Å². The van der Waals surface area contributed by atoms with E-state index in [0.717, 1.165) is 18.4 Å². The minimum Gasteiger partial charge on any atom is -0.465 e. The summed E-state index contributed by atoms with van der Waals surface area (Å²) in [5.74, 6) is -4.96. The summed E-state index contributed by atoms with van der Waals surface area (Å²) in [5, 5.41) is 11.9. The third-order valence-electron chi connectivity index (χ3n) is 6.26. The van der Waals surface area contributed by atoms with Gasteiger partial charge >= 0.3 is 6.09 Å². The number of carbonyl (C=O) groups is 2. The number of benzene rings is 1. The van der Waals surface area contributed by atoms with Gasteiger partial charge < -0.3 is 24.5 Å². The summed E-state index contributed by atoms with van der Waals surface area (Å²) in [6.45, 7) is 2.28. The molecule has 1 aromatic carbocycles. The fraction of sp³-hybridized carbons (Fsp3) is 0.375. The molecule has 2 amide bonds. The minimum absolute atomic E-state index is 0.0630. The van der Waals surface area contributed by atoms with Gasteiger partial charge in [0.2, 0.25) is 0 Å². The van der Waals surface area contributed by atoms with Crippen molar-refractivity contribution in [2.75, 3.05) is 19.7 Å². The predicted octanol–water partition coefficient (Wildman–Crippen LogP) is 3.54. The predicted molar refractivity (Wildman–Crippen MR) is 119 cm³/mol. The molecule has 3 heterocycles. The van der Waals surface area contributed by atoms with Crippen LogP contribution in [0.25, 0.3) is 16.9 Å². The number of aromatic nitrogens is 2. The molecule has 2 fully saturated rings. The van der Waals surface area contributed by atoms with E-state index in [2.05, 4.69) is 10.3 Å². The van der Waals surface area contributed by atoms with Crippen molar-refractivity contribution < 1.29 is 32.6 Å². The van der Waals surface area contributed by atoms with Gasteiger partial charge in [-0.1, -0.05) is 0 Å². The molecule has 0 spiro atoms. The van der Waals surface area contributed by atoms with Crippen LogP contribution < -0.4 is 5.32 Å². The number of aryl methyl sites for hydroxylation is 1. The van der Waals surface area contributed by atoms with Crippen molar-refractivity contribution in [2.45, 2.75) is 38.3 Å². The molecule has 0 unspecified atom stereocenters. The average Bonchev–Trinajstić information content (AvgIpc) is 3.57. The van der Waals surface area contributed by atoms with Gasteiger partial charge in [-0.15, -0.1) is 0 Å². The Hall–Kier alpha value is -3.60. The van der Waals surface area contributed by atoms with Crippen LogP contribution in [0.5, 0.6) is 0 Å². The number of amides is 2. The Morgan fingerprint density at radius 3 is 2.71 bits per heavy atom. The highest BCUT2D eigenvalue weighted by molar-refractivity contribution is 5.95. The SMILES string of the molecule is Cc1ccn2c(C[C@H]3CN(C(=O)O)CCO3)c(-c3c(F)cc(C(=O)NC4CC4)c(F)c3F)nc2c1. The first-order valence-corrected chi connectivity index (χ1v) is 11.3. The van der Waals surface area contributed by atoms with Crippen molar-refractivity contribution in [2.24, 2.45) is 0 Å². The van der Waals surface area contributed by atoms with Gasteiger partial charge in [-0.05, 0) is 43.5 Å². The van der Waals surface area contributed by atoms with E-state index in [1.807, 2.05) is 6.92 Å². The molecule has 2 N–H and O–H groups in total. The first kappa shape index (κ1) is 23.2. The molecule has 3 aromatic rings. The topological polar surface area (TPSA) is 96.2 Å². The van der Waals surface area contributed by atoms with Gasteiger partial charge in [-0.25, -0.2) is 22.9 Å². The summed E-state index contributed by atoms with van der Waals surface area (Å²) in [6.07, 6.45) is 1.54. The number of nitrogens with zero attached hydrogens (tertiary/aromatic N) is 3. The van der Waals surface area contributed by atoms with Gasteiger partial charge in [0.05, 0.1) is 41.8 Å². The fourth-order valence-electron chi connectivity index (χ4n) is 4.29. The second kappa shape index (κ2) is 8.88. The maximum Gasteiger partial charge on any atom is 0.407 e. The Kier molecular flexibility index (Phi) is 5.87. The van der Waals surface area contributed by atoms with Crippen LogP contribution in [0.1, 0.15) is 34.5 Å². The lowest BCUT2D eigenvalue weighted by Crippen LogP contribution is -2.45. The molecule has 0 bridgehead atoms. The van der Waals surface area contributed by atoms with Gasteiger partial charge in [-0.3, -0.25) is 4.79 Å². The molecule has 1 saturated carbocycles. The highest BCUT2D eigenvalue weighted by Gasteiger charge is 2.32.